The predicted octanol–water partition coefficient (Wildman–Crippen LogP) is 0.775. The molecule has 15 heavy (non-hydrogen) atoms. The Balaban J connectivity index is 2.30. The van der Waals surface area contributed by atoms with Gasteiger partial charge in [0, 0.05) is 10.9 Å². The van der Waals surface area contributed by atoms with Crippen molar-refractivity contribution in [2.75, 3.05) is 0 Å². The second kappa shape index (κ2) is 3.83. The van der Waals surface area contributed by atoms with Gasteiger partial charge in [0.2, 0.25) is 5.96 Å². The van der Waals surface area contributed by atoms with Crippen LogP contribution in [-0.2, 0) is 0 Å². The van der Waals surface area contributed by atoms with Crippen molar-refractivity contribution in [1.29, 1.82) is 0 Å². The second-order valence-electron chi connectivity index (χ2n) is 3.08. The lowest BCUT2D eigenvalue weighted by atomic mass is 10.2. The van der Waals surface area contributed by atoms with Crippen molar-refractivity contribution in [2.24, 2.45) is 21.7 Å². The molecule has 0 amide bonds. The predicted molar refractivity (Wildman–Crippen MR) is 61.7 cm³/mol. The maximum atomic E-state index is 5.14. The van der Waals surface area contributed by atoms with Gasteiger partial charge in [0.25, 0.3) is 0 Å². The Hall–Kier alpha value is -2.30. The van der Waals surface area contributed by atoms with E-state index in [1.54, 1.807) is 6.21 Å². The van der Waals surface area contributed by atoms with E-state index in [0.717, 1.165) is 16.6 Å². The number of aromatic amines is 1. The average Bonchev–Trinajstić information content (AvgIpc) is 2.59. The molecule has 0 saturated heterocycles. The van der Waals surface area contributed by atoms with Gasteiger partial charge in [-0.15, -0.1) is 5.10 Å². The number of guanidine groups is 1. The summed E-state index contributed by atoms with van der Waals surface area (Å²) >= 11 is 0. The first-order valence-corrected chi connectivity index (χ1v) is 4.45. The highest BCUT2D eigenvalue weighted by Gasteiger charge is 1.95. The Morgan fingerprint density at radius 3 is 2.80 bits per heavy atom. The SMILES string of the molecule is NC(N)=NN=Cc1cc2ccccc2[nH]1. The van der Waals surface area contributed by atoms with E-state index in [-0.39, 0.29) is 5.96 Å². The maximum Gasteiger partial charge on any atom is 0.211 e. The van der Waals surface area contributed by atoms with Gasteiger partial charge in [0.1, 0.15) is 0 Å². The summed E-state index contributed by atoms with van der Waals surface area (Å²) < 4.78 is 0. The maximum absolute atomic E-state index is 5.14. The van der Waals surface area contributed by atoms with E-state index in [2.05, 4.69) is 15.2 Å². The van der Waals surface area contributed by atoms with Gasteiger partial charge < -0.3 is 16.5 Å². The summed E-state index contributed by atoms with van der Waals surface area (Å²) in [6, 6.07) is 9.93. The van der Waals surface area contributed by atoms with Crippen molar-refractivity contribution in [3.63, 3.8) is 0 Å². The van der Waals surface area contributed by atoms with Crippen molar-refractivity contribution in [2.45, 2.75) is 0 Å². The van der Waals surface area contributed by atoms with Gasteiger partial charge in [0.05, 0.1) is 11.9 Å². The molecule has 76 valence electrons. The van der Waals surface area contributed by atoms with Gasteiger partial charge in [-0.25, -0.2) is 0 Å². The van der Waals surface area contributed by atoms with Gasteiger partial charge in [-0.3, -0.25) is 0 Å². The van der Waals surface area contributed by atoms with Crippen molar-refractivity contribution >= 4 is 23.1 Å². The number of nitrogens with zero attached hydrogens (tertiary/aromatic N) is 2. The highest BCUT2D eigenvalue weighted by Crippen LogP contribution is 2.13. The zero-order valence-corrected chi connectivity index (χ0v) is 8.01. The number of para-hydroxylation sites is 1. The molecule has 2 rings (SSSR count). The molecule has 5 heteroatoms. The zero-order chi connectivity index (χ0) is 10.7. The minimum Gasteiger partial charge on any atom is -0.369 e. The fraction of sp³-hybridized carbons (Fsp3) is 0. The molecule has 0 bridgehead atoms. The van der Waals surface area contributed by atoms with Crippen molar-refractivity contribution in [1.82, 2.24) is 4.98 Å². The molecule has 1 aromatic carbocycles. The molecule has 0 aliphatic heterocycles. The largest absolute Gasteiger partial charge is 0.369 e. The van der Waals surface area contributed by atoms with E-state index in [1.165, 1.54) is 0 Å². The van der Waals surface area contributed by atoms with Crippen molar-refractivity contribution < 1.29 is 0 Å². The van der Waals surface area contributed by atoms with E-state index in [0.29, 0.717) is 0 Å². The van der Waals surface area contributed by atoms with E-state index in [4.69, 9.17) is 11.5 Å². The normalized spacial score (nSPS) is 10.9. The molecule has 0 aliphatic rings. The quantitative estimate of drug-likeness (QED) is 0.380. The molecule has 1 aromatic heterocycles. The summed E-state index contributed by atoms with van der Waals surface area (Å²) in [7, 11) is 0. The summed E-state index contributed by atoms with van der Waals surface area (Å²) in [5, 5.41) is 8.36. The number of aromatic nitrogens is 1. The van der Waals surface area contributed by atoms with Gasteiger partial charge in [-0.1, -0.05) is 18.2 Å². The third kappa shape index (κ3) is 2.14. The fourth-order valence-electron chi connectivity index (χ4n) is 1.32. The summed E-state index contributed by atoms with van der Waals surface area (Å²) in [6.45, 7) is 0. The summed E-state index contributed by atoms with van der Waals surface area (Å²) in [6.07, 6.45) is 1.57. The summed E-state index contributed by atoms with van der Waals surface area (Å²) in [5.74, 6) is -0.0534. The number of fused-ring (bicyclic) bond motifs is 1. The van der Waals surface area contributed by atoms with Crippen LogP contribution in [0.1, 0.15) is 5.69 Å². The Morgan fingerprint density at radius 1 is 1.27 bits per heavy atom. The Bertz CT molecular complexity index is 486. The minimum absolute atomic E-state index is 0.0534. The molecule has 0 unspecified atom stereocenters. The van der Waals surface area contributed by atoms with Gasteiger partial charge in [-0.2, -0.15) is 5.10 Å². The molecule has 0 radical (unpaired) electrons. The lowest BCUT2D eigenvalue weighted by molar-refractivity contribution is 1.21. The Labute approximate surface area is 86.5 Å². The van der Waals surface area contributed by atoms with Crippen LogP contribution in [-0.4, -0.2) is 17.2 Å². The molecule has 2 aromatic rings. The Morgan fingerprint density at radius 2 is 2.07 bits per heavy atom. The smallest absolute Gasteiger partial charge is 0.211 e. The third-order valence-electron chi connectivity index (χ3n) is 1.92. The van der Waals surface area contributed by atoms with E-state index in [1.807, 2.05) is 30.3 Å². The van der Waals surface area contributed by atoms with E-state index < -0.39 is 0 Å². The number of benzene rings is 1. The molecule has 0 atom stereocenters. The summed E-state index contributed by atoms with van der Waals surface area (Å²) in [4.78, 5) is 3.17. The Kier molecular flexibility index (Phi) is 2.37. The summed E-state index contributed by atoms with van der Waals surface area (Å²) in [5.41, 5.74) is 12.2. The van der Waals surface area contributed by atoms with Crippen LogP contribution in [0.25, 0.3) is 10.9 Å². The average molecular weight is 201 g/mol. The molecule has 0 fully saturated rings. The van der Waals surface area contributed by atoms with Crippen LogP contribution in [0.4, 0.5) is 0 Å². The number of nitrogens with one attached hydrogen (secondary N) is 1. The van der Waals surface area contributed by atoms with Crippen molar-refractivity contribution in [3.05, 3.63) is 36.0 Å². The van der Waals surface area contributed by atoms with Crippen LogP contribution in [0.5, 0.6) is 0 Å². The van der Waals surface area contributed by atoms with Crippen LogP contribution in [0.2, 0.25) is 0 Å². The topological polar surface area (TPSA) is 92.6 Å². The number of hydrogen-bond acceptors (Lipinski definition) is 2. The molecule has 0 spiro atoms. The standard InChI is InChI=1S/C10H11N5/c11-10(12)15-13-6-8-5-7-3-1-2-4-9(7)14-8/h1-6,14H,(H4,11,12,15). The van der Waals surface area contributed by atoms with Crippen LogP contribution in [0, 0.1) is 0 Å². The molecule has 5 nitrogen and oxygen atoms in total. The van der Waals surface area contributed by atoms with Gasteiger partial charge in [0.15, 0.2) is 0 Å². The highest BCUT2D eigenvalue weighted by molar-refractivity contribution is 5.89. The molecular formula is C10H11N5. The molecule has 0 aliphatic carbocycles. The lowest BCUT2D eigenvalue weighted by Gasteiger charge is -1.84. The number of hydrogen-bond donors (Lipinski definition) is 3. The number of nitrogens with two attached hydrogens (primary N) is 2. The van der Waals surface area contributed by atoms with Crippen LogP contribution < -0.4 is 11.5 Å². The monoisotopic (exact) mass is 201 g/mol. The lowest BCUT2D eigenvalue weighted by Crippen LogP contribution is -2.21. The zero-order valence-electron chi connectivity index (χ0n) is 8.01. The molecular weight excluding hydrogens is 190 g/mol. The first-order chi connectivity index (χ1) is 7.25. The third-order valence-corrected chi connectivity index (χ3v) is 1.92. The molecule has 5 N–H and O–H groups in total. The minimum atomic E-state index is -0.0534. The van der Waals surface area contributed by atoms with Gasteiger partial charge in [-0.05, 0) is 12.1 Å². The number of H-pyrrole nitrogens is 1. The van der Waals surface area contributed by atoms with E-state index in [9.17, 15) is 0 Å². The molecule has 1 heterocycles. The fourth-order valence-corrected chi connectivity index (χ4v) is 1.32. The van der Waals surface area contributed by atoms with E-state index >= 15 is 0 Å². The van der Waals surface area contributed by atoms with Gasteiger partial charge >= 0.3 is 0 Å². The first-order valence-electron chi connectivity index (χ1n) is 4.45. The first kappa shape index (κ1) is 9.26. The van der Waals surface area contributed by atoms with Crippen LogP contribution in [0.3, 0.4) is 0 Å². The molecule has 0 saturated carbocycles. The number of rotatable bonds is 2. The van der Waals surface area contributed by atoms with Crippen LogP contribution >= 0.6 is 0 Å². The van der Waals surface area contributed by atoms with Crippen molar-refractivity contribution in [3.8, 4) is 0 Å². The second-order valence-corrected chi connectivity index (χ2v) is 3.08. The van der Waals surface area contributed by atoms with Crippen LogP contribution in [0.15, 0.2) is 40.5 Å². The highest BCUT2D eigenvalue weighted by atomic mass is 15.3.